The van der Waals surface area contributed by atoms with Crippen LogP contribution in [0.5, 0.6) is 11.5 Å². The van der Waals surface area contributed by atoms with E-state index >= 15 is 0 Å². The van der Waals surface area contributed by atoms with Gasteiger partial charge in [-0.15, -0.1) is 5.10 Å². The second-order valence-corrected chi connectivity index (χ2v) is 7.38. The first kappa shape index (κ1) is 18.1. The molecule has 0 unspecified atom stereocenters. The first-order valence-electron chi connectivity index (χ1n) is 8.23. The van der Waals surface area contributed by atoms with E-state index in [2.05, 4.69) is 15.5 Å². The van der Waals surface area contributed by atoms with Crippen molar-refractivity contribution >= 4 is 23.4 Å². The van der Waals surface area contributed by atoms with Crippen molar-refractivity contribution in [2.24, 2.45) is 0 Å². The van der Waals surface area contributed by atoms with Crippen molar-refractivity contribution < 1.29 is 14.2 Å². The zero-order valence-electron chi connectivity index (χ0n) is 14.8. The second kappa shape index (κ2) is 7.75. The van der Waals surface area contributed by atoms with Gasteiger partial charge in [0.15, 0.2) is 6.79 Å². The van der Waals surface area contributed by atoms with Gasteiger partial charge in [0.1, 0.15) is 17.2 Å². The number of benzene rings is 2. The Labute approximate surface area is 165 Å². The summed E-state index contributed by atoms with van der Waals surface area (Å²) in [5.41, 5.74) is 3.82. The maximum Gasteiger partial charge on any atom is 0.214 e. The molecule has 0 fully saturated rings. The lowest BCUT2D eigenvalue weighted by molar-refractivity contribution is -0.0168. The van der Waals surface area contributed by atoms with Crippen LogP contribution in [-0.4, -0.2) is 34.1 Å². The molecule has 7 nitrogen and oxygen atoms in total. The van der Waals surface area contributed by atoms with Crippen molar-refractivity contribution in [1.82, 2.24) is 20.2 Å². The van der Waals surface area contributed by atoms with Crippen LogP contribution >= 0.6 is 23.4 Å². The number of ether oxygens (including phenoxy) is 3. The molecular formula is C18H17ClN4O3S. The molecule has 0 saturated carbocycles. The number of thioether (sulfide) groups is 1. The Bertz CT molecular complexity index is 979. The van der Waals surface area contributed by atoms with E-state index in [1.807, 2.05) is 37.3 Å². The first-order valence-corrected chi connectivity index (χ1v) is 9.60. The fourth-order valence-electron chi connectivity index (χ4n) is 2.89. The summed E-state index contributed by atoms with van der Waals surface area (Å²) in [5.74, 6) is 2.14. The van der Waals surface area contributed by atoms with Gasteiger partial charge in [-0.2, -0.15) is 4.68 Å². The maximum absolute atomic E-state index is 6.24. The molecule has 0 amide bonds. The molecule has 1 aliphatic rings. The van der Waals surface area contributed by atoms with Gasteiger partial charge in [0, 0.05) is 21.9 Å². The molecule has 0 spiro atoms. The van der Waals surface area contributed by atoms with Gasteiger partial charge in [-0.3, -0.25) is 0 Å². The third-order valence-electron chi connectivity index (χ3n) is 4.11. The normalized spacial score (nSPS) is 13.1. The van der Waals surface area contributed by atoms with E-state index < -0.39 is 0 Å². The number of aryl methyl sites for hydroxylation is 1. The molecule has 3 aromatic rings. The number of rotatable bonds is 5. The van der Waals surface area contributed by atoms with Crippen molar-refractivity contribution in [2.75, 3.05) is 13.9 Å². The highest BCUT2D eigenvalue weighted by molar-refractivity contribution is 7.98. The quantitative estimate of drug-likeness (QED) is 0.599. The van der Waals surface area contributed by atoms with Crippen LogP contribution in [0.25, 0.3) is 5.69 Å². The summed E-state index contributed by atoms with van der Waals surface area (Å²) in [7, 11) is 1.63. The smallest absolute Gasteiger partial charge is 0.214 e. The lowest BCUT2D eigenvalue weighted by atomic mass is 10.1. The van der Waals surface area contributed by atoms with Crippen molar-refractivity contribution in [3.63, 3.8) is 0 Å². The number of hydrogen-bond acceptors (Lipinski definition) is 7. The minimum Gasteiger partial charge on any atom is -0.494 e. The van der Waals surface area contributed by atoms with E-state index in [-0.39, 0.29) is 6.79 Å². The summed E-state index contributed by atoms with van der Waals surface area (Å²) >= 11 is 7.74. The number of fused-ring (bicyclic) bond motifs is 1. The van der Waals surface area contributed by atoms with Gasteiger partial charge in [0.2, 0.25) is 5.16 Å². The first-order chi connectivity index (χ1) is 13.2. The summed E-state index contributed by atoms with van der Waals surface area (Å²) in [5, 5.41) is 13.4. The lowest BCUT2D eigenvalue weighted by Crippen LogP contribution is -2.13. The van der Waals surface area contributed by atoms with Gasteiger partial charge < -0.3 is 14.2 Å². The van der Waals surface area contributed by atoms with Crippen molar-refractivity contribution in [3.8, 4) is 17.2 Å². The molecule has 0 N–H and O–H groups in total. The summed E-state index contributed by atoms with van der Waals surface area (Å²) in [6, 6.07) is 9.64. The van der Waals surface area contributed by atoms with Crippen molar-refractivity contribution in [1.29, 1.82) is 0 Å². The molecule has 0 atom stereocenters. The molecular weight excluding hydrogens is 388 g/mol. The molecule has 1 aliphatic heterocycles. The van der Waals surface area contributed by atoms with Crippen LogP contribution in [0.15, 0.2) is 35.5 Å². The molecule has 9 heteroatoms. The molecule has 1 aromatic heterocycles. The molecule has 2 heterocycles. The van der Waals surface area contributed by atoms with E-state index in [0.717, 1.165) is 28.1 Å². The number of halogens is 1. The molecule has 27 heavy (non-hydrogen) atoms. The number of methoxy groups -OCH3 is 1. The SMILES string of the molecule is COc1ccc(C)cc1-n1nnnc1SCc1cc(Cl)cc2c1OCOC2. The van der Waals surface area contributed by atoms with Crippen LogP contribution in [-0.2, 0) is 17.1 Å². The second-order valence-electron chi connectivity index (χ2n) is 6.00. The standard InChI is InChI=1S/C18H17ClN4O3S/c1-11-3-4-16(24-2)15(5-11)23-18(20-21-22-23)27-9-13-7-14(19)6-12-8-25-10-26-17(12)13/h3-7H,8-10H2,1-2H3. The molecule has 0 radical (unpaired) electrons. The highest BCUT2D eigenvalue weighted by Gasteiger charge is 2.19. The molecule has 140 valence electrons. The molecule has 4 rings (SSSR count). The van der Waals surface area contributed by atoms with Crippen LogP contribution in [0.4, 0.5) is 0 Å². The monoisotopic (exact) mass is 404 g/mol. The van der Waals surface area contributed by atoms with E-state index in [9.17, 15) is 0 Å². The van der Waals surface area contributed by atoms with Crippen molar-refractivity contribution in [2.45, 2.75) is 24.4 Å². The average Bonchev–Trinajstić information content (AvgIpc) is 3.14. The van der Waals surface area contributed by atoms with Gasteiger partial charge in [0.05, 0.1) is 13.7 Å². The fourth-order valence-corrected chi connectivity index (χ4v) is 4.01. The molecule has 2 aromatic carbocycles. The average molecular weight is 405 g/mol. The predicted molar refractivity (Wildman–Crippen MR) is 102 cm³/mol. The molecule has 0 saturated heterocycles. The van der Waals surface area contributed by atoms with Crippen LogP contribution in [0.3, 0.4) is 0 Å². The minimum atomic E-state index is 0.241. The summed E-state index contributed by atoms with van der Waals surface area (Å²) < 4.78 is 18.1. The van der Waals surface area contributed by atoms with Gasteiger partial charge in [-0.1, -0.05) is 29.4 Å². The predicted octanol–water partition coefficient (Wildman–Crippen LogP) is 3.79. The summed E-state index contributed by atoms with van der Waals surface area (Å²) in [6.45, 7) is 2.74. The fraction of sp³-hybridized carbons (Fsp3) is 0.278. The van der Waals surface area contributed by atoms with Crippen molar-refractivity contribution in [3.05, 3.63) is 52.0 Å². The largest absolute Gasteiger partial charge is 0.494 e. The molecule has 0 bridgehead atoms. The molecule has 0 aliphatic carbocycles. The van der Waals surface area contributed by atoms with E-state index in [4.69, 9.17) is 25.8 Å². The number of aromatic nitrogens is 4. The minimum absolute atomic E-state index is 0.241. The van der Waals surface area contributed by atoms with Crippen LogP contribution in [0.2, 0.25) is 5.02 Å². The highest BCUT2D eigenvalue weighted by atomic mass is 35.5. The lowest BCUT2D eigenvalue weighted by Gasteiger charge is -2.21. The van der Waals surface area contributed by atoms with E-state index in [1.54, 1.807) is 11.8 Å². The Balaban J connectivity index is 1.63. The Hall–Kier alpha value is -2.29. The summed E-state index contributed by atoms with van der Waals surface area (Å²) in [4.78, 5) is 0. The Morgan fingerprint density at radius 1 is 1.30 bits per heavy atom. The van der Waals surface area contributed by atoms with Crippen LogP contribution in [0, 0.1) is 6.92 Å². The third-order valence-corrected chi connectivity index (χ3v) is 5.30. The number of tetrazole rings is 1. The van der Waals surface area contributed by atoms with E-state index in [0.29, 0.717) is 28.3 Å². The van der Waals surface area contributed by atoms with Gasteiger partial charge in [-0.25, -0.2) is 0 Å². The number of hydrogen-bond donors (Lipinski definition) is 0. The van der Waals surface area contributed by atoms with Crippen LogP contribution in [0.1, 0.15) is 16.7 Å². The van der Waals surface area contributed by atoms with Gasteiger partial charge in [0.25, 0.3) is 0 Å². The van der Waals surface area contributed by atoms with E-state index in [1.165, 1.54) is 11.8 Å². The maximum atomic E-state index is 6.24. The topological polar surface area (TPSA) is 71.3 Å². The number of nitrogens with zero attached hydrogens (tertiary/aromatic N) is 4. The Morgan fingerprint density at radius 2 is 2.19 bits per heavy atom. The van der Waals surface area contributed by atoms with Gasteiger partial charge in [-0.05, 0) is 47.2 Å². The summed E-state index contributed by atoms with van der Waals surface area (Å²) in [6.07, 6.45) is 0. The zero-order valence-corrected chi connectivity index (χ0v) is 16.4. The zero-order chi connectivity index (χ0) is 18.8. The third kappa shape index (κ3) is 3.73. The van der Waals surface area contributed by atoms with Gasteiger partial charge >= 0.3 is 0 Å². The Kier molecular flexibility index (Phi) is 5.20. The highest BCUT2D eigenvalue weighted by Crippen LogP contribution is 2.36. The van der Waals surface area contributed by atoms with Crippen LogP contribution < -0.4 is 9.47 Å². The Morgan fingerprint density at radius 3 is 3.04 bits per heavy atom.